The number of aromatic carboxylic acids is 1. The van der Waals surface area contributed by atoms with Crippen LogP contribution in [0.5, 0.6) is 0 Å². The fourth-order valence-electron chi connectivity index (χ4n) is 2.32. The van der Waals surface area contributed by atoms with Gasteiger partial charge in [-0.15, -0.1) is 0 Å². The van der Waals surface area contributed by atoms with Crippen molar-refractivity contribution in [1.29, 1.82) is 0 Å². The predicted octanol–water partition coefficient (Wildman–Crippen LogP) is 0.885. The molecule has 6 nitrogen and oxygen atoms in total. The molecule has 1 fully saturated rings. The van der Waals surface area contributed by atoms with Crippen LogP contribution in [-0.2, 0) is 4.79 Å². The number of nitrogens with zero attached hydrogens (tertiary/aromatic N) is 1. The van der Waals surface area contributed by atoms with Gasteiger partial charge < -0.3 is 16.2 Å². The van der Waals surface area contributed by atoms with Gasteiger partial charge in [-0.25, -0.2) is 9.18 Å². The van der Waals surface area contributed by atoms with Crippen molar-refractivity contribution in [2.75, 3.05) is 25.0 Å². The minimum absolute atomic E-state index is 0.0973. The molecule has 21 heavy (non-hydrogen) atoms. The SMILES string of the molecule is NC1CCN(CC(=O)Nc2c(F)cccc2C(=O)O)CC1. The Hall–Kier alpha value is -1.99. The monoisotopic (exact) mass is 295 g/mol. The number of hydrogen-bond donors (Lipinski definition) is 3. The van der Waals surface area contributed by atoms with Crippen molar-refractivity contribution in [2.45, 2.75) is 18.9 Å². The first kappa shape index (κ1) is 15.4. The molecule has 1 aliphatic heterocycles. The normalized spacial score (nSPS) is 16.7. The molecule has 1 amide bonds. The maximum absolute atomic E-state index is 13.7. The van der Waals surface area contributed by atoms with Gasteiger partial charge in [0.15, 0.2) is 0 Å². The second-order valence-electron chi connectivity index (χ2n) is 5.13. The summed E-state index contributed by atoms with van der Waals surface area (Å²) in [5.41, 5.74) is 5.23. The van der Waals surface area contributed by atoms with Crippen LogP contribution >= 0.6 is 0 Å². The molecular formula is C14H18FN3O3. The number of piperidine rings is 1. The topological polar surface area (TPSA) is 95.7 Å². The van der Waals surface area contributed by atoms with E-state index in [0.29, 0.717) is 13.1 Å². The van der Waals surface area contributed by atoms with Gasteiger partial charge in [0.2, 0.25) is 5.91 Å². The van der Waals surface area contributed by atoms with Gasteiger partial charge >= 0.3 is 5.97 Å². The molecule has 1 aromatic rings. The smallest absolute Gasteiger partial charge is 0.337 e. The molecule has 0 radical (unpaired) electrons. The van der Waals surface area contributed by atoms with Gasteiger partial charge in [0.25, 0.3) is 0 Å². The zero-order chi connectivity index (χ0) is 15.4. The standard InChI is InChI=1S/C14H18FN3O3/c15-11-3-1-2-10(14(20)21)13(11)17-12(19)8-18-6-4-9(16)5-7-18/h1-3,9H,4-8,16H2,(H,17,19)(H,20,21). The highest BCUT2D eigenvalue weighted by atomic mass is 19.1. The summed E-state index contributed by atoms with van der Waals surface area (Å²) in [6.07, 6.45) is 1.63. The van der Waals surface area contributed by atoms with Gasteiger partial charge in [-0.2, -0.15) is 0 Å². The van der Waals surface area contributed by atoms with E-state index in [1.165, 1.54) is 12.1 Å². The van der Waals surface area contributed by atoms with Crippen LogP contribution in [0, 0.1) is 5.82 Å². The molecule has 114 valence electrons. The summed E-state index contributed by atoms with van der Waals surface area (Å²) in [4.78, 5) is 24.9. The van der Waals surface area contributed by atoms with E-state index in [9.17, 15) is 14.0 Å². The fourth-order valence-corrected chi connectivity index (χ4v) is 2.32. The van der Waals surface area contributed by atoms with Crippen LogP contribution in [-0.4, -0.2) is 47.6 Å². The molecule has 0 spiro atoms. The number of carbonyl (C=O) groups excluding carboxylic acids is 1. The number of rotatable bonds is 4. The molecule has 0 unspecified atom stereocenters. The van der Waals surface area contributed by atoms with E-state index in [1.807, 2.05) is 4.90 Å². The number of anilines is 1. The highest BCUT2D eigenvalue weighted by molar-refractivity contribution is 6.01. The molecule has 0 atom stereocenters. The van der Waals surface area contributed by atoms with Crippen molar-refractivity contribution >= 4 is 17.6 Å². The summed E-state index contributed by atoms with van der Waals surface area (Å²) >= 11 is 0. The van der Waals surface area contributed by atoms with Crippen LogP contribution in [0.15, 0.2) is 18.2 Å². The summed E-state index contributed by atoms with van der Waals surface area (Å²) in [6, 6.07) is 3.82. The molecule has 0 bridgehead atoms. The molecule has 0 saturated carbocycles. The van der Waals surface area contributed by atoms with Crippen molar-refractivity contribution in [2.24, 2.45) is 5.73 Å². The largest absolute Gasteiger partial charge is 0.478 e. The molecule has 7 heteroatoms. The van der Waals surface area contributed by atoms with Crippen molar-refractivity contribution < 1.29 is 19.1 Å². The van der Waals surface area contributed by atoms with Gasteiger partial charge in [-0.3, -0.25) is 9.69 Å². The molecule has 1 heterocycles. The number of benzene rings is 1. The van der Waals surface area contributed by atoms with Crippen LogP contribution in [0.3, 0.4) is 0 Å². The highest BCUT2D eigenvalue weighted by Crippen LogP contribution is 2.20. The van der Waals surface area contributed by atoms with E-state index in [1.54, 1.807) is 0 Å². The minimum atomic E-state index is -1.28. The predicted molar refractivity (Wildman–Crippen MR) is 75.6 cm³/mol. The average Bonchev–Trinajstić information content (AvgIpc) is 2.43. The Balaban J connectivity index is 2.01. The van der Waals surface area contributed by atoms with Gasteiger partial charge in [0, 0.05) is 19.1 Å². The summed E-state index contributed by atoms with van der Waals surface area (Å²) in [5.74, 6) is -2.48. The van der Waals surface area contributed by atoms with Crippen molar-refractivity contribution in [3.05, 3.63) is 29.6 Å². The number of amides is 1. The van der Waals surface area contributed by atoms with Gasteiger partial charge in [-0.1, -0.05) is 6.07 Å². The Labute approximate surface area is 121 Å². The van der Waals surface area contributed by atoms with E-state index in [0.717, 1.165) is 18.9 Å². The molecule has 0 aromatic heterocycles. The maximum Gasteiger partial charge on any atom is 0.337 e. The van der Waals surface area contributed by atoms with Gasteiger partial charge in [-0.05, 0) is 25.0 Å². The Morgan fingerprint density at radius 1 is 1.38 bits per heavy atom. The number of hydrogen-bond acceptors (Lipinski definition) is 4. The zero-order valence-corrected chi connectivity index (χ0v) is 11.5. The average molecular weight is 295 g/mol. The van der Waals surface area contributed by atoms with Gasteiger partial charge in [0.1, 0.15) is 5.82 Å². The van der Waals surface area contributed by atoms with Gasteiger partial charge in [0.05, 0.1) is 17.8 Å². The fraction of sp³-hybridized carbons (Fsp3) is 0.429. The lowest BCUT2D eigenvalue weighted by atomic mass is 10.1. The molecule has 1 aromatic carbocycles. The molecule has 0 aliphatic carbocycles. The van der Waals surface area contributed by atoms with E-state index in [4.69, 9.17) is 10.8 Å². The molecule has 1 aliphatic rings. The first-order valence-electron chi connectivity index (χ1n) is 6.77. The second-order valence-corrected chi connectivity index (χ2v) is 5.13. The lowest BCUT2D eigenvalue weighted by Crippen LogP contribution is -2.43. The van der Waals surface area contributed by atoms with Crippen LogP contribution in [0.2, 0.25) is 0 Å². The van der Waals surface area contributed by atoms with E-state index >= 15 is 0 Å². The number of carboxylic acids is 1. The number of nitrogens with one attached hydrogen (secondary N) is 1. The third-order valence-electron chi connectivity index (χ3n) is 3.51. The Kier molecular flexibility index (Phi) is 4.87. The number of carboxylic acid groups (broad SMARTS) is 1. The number of likely N-dealkylation sites (tertiary alicyclic amines) is 1. The summed E-state index contributed by atoms with van der Waals surface area (Å²) in [7, 11) is 0. The molecular weight excluding hydrogens is 277 g/mol. The number of para-hydroxylation sites is 1. The van der Waals surface area contributed by atoms with Crippen LogP contribution in [0.25, 0.3) is 0 Å². The highest BCUT2D eigenvalue weighted by Gasteiger charge is 2.20. The maximum atomic E-state index is 13.7. The first-order chi connectivity index (χ1) is 9.97. The van der Waals surface area contributed by atoms with Crippen LogP contribution in [0.1, 0.15) is 23.2 Å². The quantitative estimate of drug-likeness (QED) is 0.766. The van der Waals surface area contributed by atoms with Crippen molar-refractivity contribution in [3.8, 4) is 0 Å². The molecule has 2 rings (SSSR count). The van der Waals surface area contributed by atoms with E-state index < -0.39 is 17.7 Å². The number of halogens is 1. The lowest BCUT2D eigenvalue weighted by Gasteiger charge is -2.29. The van der Waals surface area contributed by atoms with E-state index in [2.05, 4.69) is 5.32 Å². The van der Waals surface area contributed by atoms with Crippen molar-refractivity contribution in [1.82, 2.24) is 4.90 Å². The number of carbonyl (C=O) groups is 2. The third kappa shape index (κ3) is 3.99. The van der Waals surface area contributed by atoms with Crippen LogP contribution in [0.4, 0.5) is 10.1 Å². The Bertz CT molecular complexity index is 542. The summed E-state index contributed by atoms with van der Waals surface area (Å²) in [6.45, 7) is 1.51. The Morgan fingerprint density at radius 2 is 2.05 bits per heavy atom. The summed E-state index contributed by atoms with van der Waals surface area (Å²) < 4.78 is 13.7. The molecule has 4 N–H and O–H groups in total. The van der Waals surface area contributed by atoms with E-state index in [-0.39, 0.29) is 23.8 Å². The third-order valence-corrected chi connectivity index (χ3v) is 3.51. The first-order valence-corrected chi connectivity index (χ1v) is 6.77. The lowest BCUT2D eigenvalue weighted by molar-refractivity contribution is -0.117. The number of nitrogens with two attached hydrogens (primary N) is 1. The second kappa shape index (κ2) is 6.64. The van der Waals surface area contributed by atoms with Crippen molar-refractivity contribution in [3.63, 3.8) is 0 Å². The Morgan fingerprint density at radius 3 is 2.67 bits per heavy atom. The molecule has 1 saturated heterocycles. The zero-order valence-electron chi connectivity index (χ0n) is 11.5. The summed E-state index contributed by atoms with van der Waals surface area (Å²) in [5, 5.41) is 11.4. The van der Waals surface area contributed by atoms with Crippen LogP contribution < -0.4 is 11.1 Å². The minimum Gasteiger partial charge on any atom is -0.478 e.